The maximum absolute atomic E-state index is 13.4. The van der Waals surface area contributed by atoms with Gasteiger partial charge in [0, 0.05) is 11.8 Å². The maximum atomic E-state index is 13.4. The zero-order valence-electron chi connectivity index (χ0n) is 18.6. The number of amides is 2. The Labute approximate surface area is 197 Å². The summed E-state index contributed by atoms with van der Waals surface area (Å²) in [4.78, 5) is 28.1. The number of carboxylic acid groups (broad SMARTS) is 1. The van der Waals surface area contributed by atoms with Crippen molar-refractivity contribution < 1.29 is 32.3 Å². The number of hydrogen-bond acceptors (Lipinski definition) is 4. The number of hydrogen-bond donors (Lipinski definition) is 3. The smallest absolute Gasteiger partial charge is 0.408 e. The van der Waals surface area contributed by atoms with Gasteiger partial charge < -0.3 is 15.7 Å². The molecule has 1 saturated heterocycles. The van der Waals surface area contributed by atoms with Gasteiger partial charge in [0.25, 0.3) is 0 Å². The second kappa shape index (κ2) is 9.51. The molecule has 3 aromatic rings. The Morgan fingerprint density at radius 2 is 2.03 bits per heavy atom. The molecule has 0 aliphatic carbocycles. The highest BCUT2D eigenvalue weighted by Gasteiger charge is 2.47. The largest absolute Gasteiger partial charge is 0.465 e. The van der Waals surface area contributed by atoms with Crippen LogP contribution in [0.25, 0.3) is 5.65 Å². The Morgan fingerprint density at radius 1 is 1.31 bits per heavy atom. The van der Waals surface area contributed by atoms with Gasteiger partial charge in [-0.15, -0.1) is 0 Å². The lowest BCUT2D eigenvalue weighted by molar-refractivity contribution is -0.154. The number of carbonyl (C=O) groups excluding carboxylic acids is 1. The standard InChI is InChI=1S/C23H23F4N5O3/c1-2-16(13-3-5-15(24)6-4-13)20(31-22(34)35)17-11-32-19(29-17)8-12(10-28-32)7-14-9-18(23(25,26)27)30-21(14)33/h3-6,8,10-11,14,16,18,20,31H,2,7,9H2,1H3,(H,30,33)(H,34,35)/t14?,16?,18-,20?/m0/s1. The fourth-order valence-corrected chi connectivity index (χ4v) is 4.50. The number of carbonyl (C=O) groups is 2. The molecule has 4 atom stereocenters. The molecule has 35 heavy (non-hydrogen) atoms. The van der Waals surface area contributed by atoms with E-state index in [-0.39, 0.29) is 18.8 Å². The first-order chi connectivity index (χ1) is 16.5. The molecule has 3 N–H and O–H groups in total. The van der Waals surface area contributed by atoms with Crippen molar-refractivity contribution in [2.75, 3.05) is 0 Å². The number of nitrogens with zero attached hydrogens (tertiary/aromatic N) is 3. The first-order valence-electron chi connectivity index (χ1n) is 11.0. The van der Waals surface area contributed by atoms with Gasteiger partial charge in [-0.1, -0.05) is 19.1 Å². The minimum atomic E-state index is -4.50. The van der Waals surface area contributed by atoms with Gasteiger partial charge in [-0.3, -0.25) is 4.79 Å². The molecular weight excluding hydrogens is 470 g/mol. The fourth-order valence-electron chi connectivity index (χ4n) is 4.50. The minimum absolute atomic E-state index is 0.0636. The Bertz CT molecular complexity index is 1230. The molecule has 1 aromatic carbocycles. The molecule has 8 nitrogen and oxygen atoms in total. The van der Waals surface area contributed by atoms with Crippen molar-refractivity contribution in [3.63, 3.8) is 0 Å². The lowest BCUT2D eigenvalue weighted by Crippen LogP contribution is -2.38. The lowest BCUT2D eigenvalue weighted by atomic mass is 9.87. The van der Waals surface area contributed by atoms with E-state index in [1.807, 2.05) is 12.2 Å². The Kier molecular flexibility index (Phi) is 6.64. The third-order valence-electron chi connectivity index (χ3n) is 6.22. The molecule has 0 radical (unpaired) electrons. The summed E-state index contributed by atoms with van der Waals surface area (Å²) >= 11 is 0. The summed E-state index contributed by atoms with van der Waals surface area (Å²) in [5, 5.41) is 18.1. The Balaban J connectivity index is 1.60. The number of alkyl halides is 3. The van der Waals surface area contributed by atoms with E-state index >= 15 is 0 Å². The van der Waals surface area contributed by atoms with E-state index < -0.39 is 42.0 Å². The number of halogens is 4. The summed E-state index contributed by atoms with van der Waals surface area (Å²) in [5.41, 5.74) is 1.99. The highest BCUT2D eigenvalue weighted by Crippen LogP contribution is 2.34. The van der Waals surface area contributed by atoms with Crippen molar-refractivity contribution in [3.8, 4) is 0 Å². The van der Waals surface area contributed by atoms with Gasteiger partial charge in [0.05, 0.1) is 24.1 Å². The molecule has 2 aromatic heterocycles. The van der Waals surface area contributed by atoms with Crippen LogP contribution in [-0.4, -0.2) is 43.9 Å². The van der Waals surface area contributed by atoms with Crippen LogP contribution in [0.4, 0.5) is 22.4 Å². The average Bonchev–Trinajstić information content (AvgIpc) is 3.37. The molecule has 1 fully saturated rings. The van der Waals surface area contributed by atoms with Crippen molar-refractivity contribution in [2.45, 2.75) is 50.4 Å². The van der Waals surface area contributed by atoms with Gasteiger partial charge in [-0.2, -0.15) is 18.3 Å². The van der Waals surface area contributed by atoms with Gasteiger partial charge in [0.2, 0.25) is 5.91 Å². The first kappa shape index (κ1) is 24.4. The van der Waals surface area contributed by atoms with Crippen LogP contribution in [0, 0.1) is 11.7 Å². The van der Waals surface area contributed by atoms with E-state index in [1.165, 1.54) is 22.8 Å². The lowest BCUT2D eigenvalue weighted by Gasteiger charge is -2.25. The van der Waals surface area contributed by atoms with E-state index in [0.717, 1.165) is 5.56 Å². The van der Waals surface area contributed by atoms with Crippen LogP contribution in [0.3, 0.4) is 0 Å². The van der Waals surface area contributed by atoms with Crippen molar-refractivity contribution in [2.24, 2.45) is 5.92 Å². The third kappa shape index (κ3) is 5.36. The second-order valence-corrected chi connectivity index (χ2v) is 8.57. The summed E-state index contributed by atoms with van der Waals surface area (Å²) in [7, 11) is 0. The molecule has 186 valence electrons. The summed E-state index contributed by atoms with van der Waals surface area (Å²) in [6.45, 7) is 1.87. The minimum Gasteiger partial charge on any atom is -0.465 e. The molecule has 0 saturated carbocycles. The summed E-state index contributed by atoms with van der Waals surface area (Å²) in [6.07, 6.45) is -2.51. The van der Waals surface area contributed by atoms with E-state index in [9.17, 15) is 32.3 Å². The first-order valence-corrected chi connectivity index (χ1v) is 11.0. The van der Waals surface area contributed by atoms with Crippen LogP contribution in [0.1, 0.15) is 48.5 Å². The van der Waals surface area contributed by atoms with Crippen LogP contribution in [-0.2, 0) is 11.2 Å². The number of rotatable bonds is 7. The van der Waals surface area contributed by atoms with Gasteiger partial charge in [0.1, 0.15) is 11.9 Å². The normalized spacial score (nSPS) is 20.0. The fraction of sp³-hybridized carbons (Fsp3) is 0.391. The molecule has 0 spiro atoms. The quantitative estimate of drug-likeness (QED) is 0.432. The average molecular weight is 493 g/mol. The van der Waals surface area contributed by atoms with Crippen LogP contribution >= 0.6 is 0 Å². The van der Waals surface area contributed by atoms with Gasteiger partial charge in [-0.05, 0) is 48.6 Å². The predicted molar refractivity (Wildman–Crippen MR) is 116 cm³/mol. The summed E-state index contributed by atoms with van der Waals surface area (Å²) < 4.78 is 53.7. The van der Waals surface area contributed by atoms with E-state index in [0.29, 0.717) is 23.3 Å². The molecule has 3 heterocycles. The number of fused-ring (bicyclic) bond motifs is 1. The molecular formula is C23H23F4N5O3. The van der Waals surface area contributed by atoms with Crippen molar-refractivity contribution in [1.29, 1.82) is 0 Å². The second-order valence-electron chi connectivity index (χ2n) is 8.57. The molecule has 3 unspecified atom stereocenters. The maximum Gasteiger partial charge on any atom is 0.408 e. The number of nitrogens with one attached hydrogen (secondary N) is 2. The molecule has 1 aliphatic rings. The molecule has 12 heteroatoms. The van der Waals surface area contributed by atoms with E-state index in [1.54, 1.807) is 24.4 Å². The topological polar surface area (TPSA) is 109 Å². The summed E-state index contributed by atoms with van der Waals surface area (Å²) in [5.74, 6) is -2.26. The van der Waals surface area contributed by atoms with Crippen molar-refractivity contribution in [3.05, 3.63) is 65.4 Å². The summed E-state index contributed by atoms with van der Waals surface area (Å²) in [6, 6.07) is 4.77. The number of aromatic nitrogens is 3. The zero-order chi connectivity index (χ0) is 25.3. The number of imidazole rings is 1. The van der Waals surface area contributed by atoms with Gasteiger partial charge >= 0.3 is 12.3 Å². The monoisotopic (exact) mass is 493 g/mol. The Morgan fingerprint density at radius 3 is 2.63 bits per heavy atom. The molecule has 1 aliphatic heterocycles. The SMILES string of the molecule is CCC(c1ccc(F)cc1)C(NC(=O)O)c1cn2ncc(CC3C[C@@H](C(F)(F)F)NC3=O)cc2n1. The van der Waals surface area contributed by atoms with Gasteiger partial charge in [-0.25, -0.2) is 18.7 Å². The third-order valence-corrected chi connectivity index (χ3v) is 6.22. The van der Waals surface area contributed by atoms with Crippen LogP contribution in [0.5, 0.6) is 0 Å². The van der Waals surface area contributed by atoms with Crippen LogP contribution < -0.4 is 10.6 Å². The number of benzene rings is 1. The molecule has 0 bridgehead atoms. The highest BCUT2D eigenvalue weighted by molar-refractivity contribution is 5.81. The van der Waals surface area contributed by atoms with E-state index in [2.05, 4.69) is 15.4 Å². The van der Waals surface area contributed by atoms with Crippen LogP contribution in [0.15, 0.2) is 42.7 Å². The van der Waals surface area contributed by atoms with Gasteiger partial charge in [0.15, 0.2) is 5.65 Å². The zero-order valence-corrected chi connectivity index (χ0v) is 18.6. The van der Waals surface area contributed by atoms with Crippen LogP contribution in [0.2, 0.25) is 0 Å². The highest BCUT2D eigenvalue weighted by atomic mass is 19.4. The molecule has 2 amide bonds. The predicted octanol–water partition coefficient (Wildman–Crippen LogP) is 3.98. The molecule has 4 rings (SSSR count). The van der Waals surface area contributed by atoms with Crippen molar-refractivity contribution in [1.82, 2.24) is 25.2 Å². The van der Waals surface area contributed by atoms with E-state index in [4.69, 9.17) is 0 Å². The Hall–Kier alpha value is -3.70. The van der Waals surface area contributed by atoms with Crippen molar-refractivity contribution >= 4 is 17.6 Å².